The van der Waals surface area contributed by atoms with Gasteiger partial charge in [-0.2, -0.15) is 5.10 Å². The first-order valence-corrected chi connectivity index (χ1v) is 5.22. The fourth-order valence-electron chi connectivity index (χ4n) is 2.29. The zero-order valence-electron chi connectivity index (χ0n) is 8.45. The van der Waals surface area contributed by atoms with Crippen LogP contribution in [-0.4, -0.2) is 9.78 Å². The Balaban J connectivity index is 2.31. The van der Waals surface area contributed by atoms with E-state index in [1.165, 1.54) is 19.3 Å². The van der Waals surface area contributed by atoms with Crippen molar-refractivity contribution in [3.8, 4) is 0 Å². The lowest BCUT2D eigenvalue weighted by atomic mass is 9.80. The topological polar surface area (TPSA) is 43.8 Å². The fourth-order valence-corrected chi connectivity index (χ4v) is 2.29. The molecule has 0 unspecified atom stereocenters. The summed E-state index contributed by atoms with van der Waals surface area (Å²) in [5.74, 6) is 0. The molecule has 1 aliphatic rings. The Kier molecular flexibility index (Phi) is 2.42. The number of nitrogens with two attached hydrogens (primary N) is 1. The second-order valence-corrected chi connectivity index (χ2v) is 4.06. The summed E-state index contributed by atoms with van der Waals surface area (Å²) in [6.07, 6.45) is 9.39. The van der Waals surface area contributed by atoms with Crippen LogP contribution in [0.2, 0.25) is 0 Å². The summed E-state index contributed by atoms with van der Waals surface area (Å²) in [6, 6.07) is 2.01. The first-order chi connectivity index (χ1) is 6.76. The van der Waals surface area contributed by atoms with E-state index in [9.17, 15) is 0 Å². The second-order valence-electron chi connectivity index (χ2n) is 4.06. The van der Waals surface area contributed by atoms with Gasteiger partial charge in [0.15, 0.2) is 0 Å². The van der Waals surface area contributed by atoms with Crippen LogP contribution in [0.15, 0.2) is 18.8 Å². The molecule has 3 nitrogen and oxygen atoms in total. The Labute approximate surface area is 84.6 Å². The zero-order chi connectivity index (χ0) is 10.0. The van der Waals surface area contributed by atoms with Crippen LogP contribution in [-0.2, 0) is 5.54 Å². The maximum atomic E-state index is 6.39. The molecular weight excluding hydrogens is 174 g/mol. The number of hydrogen-bond donors (Lipinski definition) is 1. The standard InChI is InChI=1S/C11H17N3/c1-2-14-10(6-9-13-14)11(12)7-4-3-5-8-11/h2,6,9H,1,3-5,7-8,12H2. The molecule has 0 saturated heterocycles. The van der Waals surface area contributed by atoms with E-state index in [0.717, 1.165) is 18.5 Å². The molecule has 1 aliphatic carbocycles. The fraction of sp³-hybridized carbons (Fsp3) is 0.545. The van der Waals surface area contributed by atoms with Crippen molar-refractivity contribution >= 4 is 6.20 Å². The molecule has 1 saturated carbocycles. The van der Waals surface area contributed by atoms with E-state index in [1.807, 2.05) is 6.07 Å². The van der Waals surface area contributed by atoms with Crippen molar-refractivity contribution in [3.05, 3.63) is 24.5 Å². The van der Waals surface area contributed by atoms with Gasteiger partial charge in [-0.1, -0.05) is 25.8 Å². The van der Waals surface area contributed by atoms with E-state index < -0.39 is 0 Å². The van der Waals surface area contributed by atoms with Gasteiger partial charge in [-0.25, -0.2) is 4.68 Å². The molecule has 76 valence electrons. The summed E-state index contributed by atoms with van der Waals surface area (Å²) in [7, 11) is 0. The summed E-state index contributed by atoms with van der Waals surface area (Å²) in [6.45, 7) is 3.73. The van der Waals surface area contributed by atoms with Crippen LogP contribution in [0.5, 0.6) is 0 Å². The number of rotatable bonds is 2. The molecule has 3 heteroatoms. The number of aromatic nitrogens is 2. The summed E-state index contributed by atoms with van der Waals surface area (Å²) >= 11 is 0. The van der Waals surface area contributed by atoms with Crippen LogP contribution in [0.4, 0.5) is 0 Å². The number of nitrogens with zero attached hydrogens (tertiary/aromatic N) is 2. The number of hydrogen-bond acceptors (Lipinski definition) is 2. The molecule has 0 aromatic carbocycles. The van der Waals surface area contributed by atoms with Crippen LogP contribution in [0.1, 0.15) is 37.8 Å². The summed E-state index contributed by atoms with van der Waals surface area (Å²) in [4.78, 5) is 0. The Bertz CT molecular complexity index is 321. The zero-order valence-corrected chi connectivity index (χ0v) is 8.45. The molecule has 2 rings (SSSR count). The SMILES string of the molecule is C=Cn1nccc1C1(N)CCCCC1. The van der Waals surface area contributed by atoms with Crippen LogP contribution in [0, 0.1) is 0 Å². The maximum absolute atomic E-state index is 6.39. The lowest BCUT2D eigenvalue weighted by Crippen LogP contribution is -2.40. The molecule has 1 fully saturated rings. The van der Waals surface area contributed by atoms with E-state index in [4.69, 9.17) is 5.73 Å². The van der Waals surface area contributed by atoms with Crippen LogP contribution < -0.4 is 5.73 Å². The molecule has 0 bridgehead atoms. The van der Waals surface area contributed by atoms with Crippen molar-refractivity contribution in [2.24, 2.45) is 5.73 Å². The van der Waals surface area contributed by atoms with Gasteiger partial charge in [-0.3, -0.25) is 0 Å². The van der Waals surface area contributed by atoms with Crippen LogP contribution in [0.25, 0.3) is 6.20 Å². The van der Waals surface area contributed by atoms with Gasteiger partial charge in [-0.15, -0.1) is 0 Å². The second kappa shape index (κ2) is 3.58. The van der Waals surface area contributed by atoms with Crippen molar-refractivity contribution in [1.82, 2.24) is 9.78 Å². The van der Waals surface area contributed by atoms with E-state index >= 15 is 0 Å². The molecule has 0 spiro atoms. The molecule has 0 amide bonds. The minimum atomic E-state index is -0.178. The minimum absolute atomic E-state index is 0.178. The monoisotopic (exact) mass is 191 g/mol. The Morgan fingerprint density at radius 2 is 2.14 bits per heavy atom. The third-order valence-corrected chi connectivity index (χ3v) is 3.10. The molecular formula is C11H17N3. The van der Waals surface area contributed by atoms with E-state index in [1.54, 1.807) is 17.1 Å². The van der Waals surface area contributed by atoms with Crippen LogP contribution in [0.3, 0.4) is 0 Å². The predicted molar refractivity (Wildman–Crippen MR) is 57.6 cm³/mol. The first-order valence-electron chi connectivity index (χ1n) is 5.22. The lowest BCUT2D eigenvalue weighted by molar-refractivity contribution is 0.291. The van der Waals surface area contributed by atoms with Crippen LogP contribution >= 0.6 is 0 Å². The molecule has 1 heterocycles. The largest absolute Gasteiger partial charge is 0.320 e. The Hall–Kier alpha value is -1.09. The van der Waals surface area contributed by atoms with Gasteiger partial charge in [0.2, 0.25) is 0 Å². The first kappa shape index (κ1) is 9.46. The van der Waals surface area contributed by atoms with E-state index in [-0.39, 0.29) is 5.54 Å². The molecule has 0 atom stereocenters. The summed E-state index contributed by atoms with van der Waals surface area (Å²) < 4.78 is 1.80. The third-order valence-electron chi connectivity index (χ3n) is 3.10. The van der Waals surface area contributed by atoms with E-state index in [0.29, 0.717) is 0 Å². The third kappa shape index (κ3) is 1.48. The molecule has 1 aromatic heterocycles. The normalized spacial score (nSPS) is 20.6. The van der Waals surface area contributed by atoms with E-state index in [2.05, 4.69) is 11.7 Å². The van der Waals surface area contributed by atoms with Gasteiger partial charge in [0.25, 0.3) is 0 Å². The molecule has 1 aromatic rings. The van der Waals surface area contributed by atoms with Crippen molar-refractivity contribution in [2.75, 3.05) is 0 Å². The Morgan fingerprint density at radius 3 is 2.79 bits per heavy atom. The predicted octanol–water partition coefficient (Wildman–Crippen LogP) is 2.10. The van der Waals surface area contributed by atoms with Gasteiger partial charge in [0, 0.05) is 12.4 Å². The molecule has 2 N–H and O–H groups in total. The highest BCUT2D eigenvalue weighted by Gasteiger charge is 2.31. The van der Waals surface area contributed by atoms with Crippen molar-refractivity contribution < 1.29 is 0 Å². The highest BCUT2D eigenvalue weighted by molar-refractivity contribution is 5.25. The molecule has 14 heavy (non-hydrogen) atoms. The average molecular weight is 191 g/mol. The summed E-state index contributed by atoms with van der Waals surface area (Å²) in [5.41, 5.74) is 7.32. The van der Waals surface area contributed by atoms with Gasteiger partial charge in [0.05, 0.1) is 11.2 Å². The summed E-state index contributed by atoms with van der Waals surface area (Å²) in [5, 5.41) is 4.17. The smallest absolute Gasteiger partial charge is 0.0634 e. The van der Waals surface area contributed by atoms with Crippen molar-refractivity contribution in [1.29, 1.82) is 0 Å². The van der Waals surface area contributed by atoms with Gasteiger partial charge < -0.3 is 5.73 Å². The average Bonchev–Trinajstić information content (AvgIpc) is 2.67. The van der Waals surface area contributed by atoms with Gasteiger partial charge in [0.1, 0.15) is 0 Å². The minimum Gasteiger partial charge on any atom is -0.320 e. The van der Waals surface area contributed by atoms with Gasteiger partial charge in [-0.05, 0) is 18.9 Å². The Morgan fingerprint density at radius 1 is 1.43 bits per heavy atom. The lowest BCUT2D eigenvalue weighted by Gasteiger charge is -2.33. The van der Waals surface area contributed by atoms with Crippen molar-refractivity contribution in [2.45, 2.75) is 37.6 Å². The highest BCUT2D eigenvalue weighted by Crippen LogP contribution is 2.34. The molecule has 0 radical (unpaired) electrons. The molecule has 0 aliphatic heterocycles. The maximum Gasteiger partial charge on any atom is 0.0634 e. The quantitative estimate of drug-likeness (QED) is 0.778. The van der Waals surface area contributed by atoms with Crippen molar-refractivity contribution in [3.63, 3.8) is 0 Å². The van der Waals surface area contributed by atoms with Gasteiger partial charge >= 0.3 is 0 Å². The highest BCUT2D eigenvalue weighted by atomic mass is 15.3.